The largest absolute Gasteiger partial charge is 0.388 e. The van der Waals surface area contributed by atoms with E-state index in [1.165, 1.54) is 36.6 Å². The number of aliphatic hydroxyl groups is 1. The topological polar surface area (TPSA) is 95.7 Å². The highest BCUT2D eigenvalue weighted by Crippen LogP contribution is 2.46. The van der Waals surface area contributed by atoms with Crippen molar-refractivity contribution < 1.29 is 19.1 Å². The first-order valence-electron chi connectivity index (χ1n) is 10.0. The zero-order valence-corrected chi connectivity index (χ0v) is 19.1. The fourth-order valence-electron chi connectivity index (χ4n) is 4.35. The molecule has 1 fully saturated rings. The lowest BCUT2D eigenvalue weighted by atomic mass is 9.84. The van der Waals surface area contributed by atoms with E-state index in [4.69, 9.17) is 5.84 Å². The molecular weight excluding hydrogens is 425 g/mol. The lowest BCUT2D eigenvalue weighted by molar-refractivity contribution is -0.115. The molecule has 0 saturated heterocycles. The lowest BCUT2D eigenvalue weighted by Crippen LogP contribution is -2.22. The van der Waals surface area contributed by atoms with Gasteiger partial charge in [0.15, 0.2) is 22.2 Å². The number of anilines is 1. The number of nitrogens with zero attached hydrogens (tertiary/aromatic N) is 1. The quantitative estimate of drug-likeness (QED) is 0.269. The highest BCUT2D eigenvalue weighted by Gasteiger charge is 2.36. The number of allylic oxidation sites excluding steroid dienone is 3. The first-order chi connectivity index (χ1) is 14.2. The van der Waals surface area contributed by atoms with Crippen molar-refractivity contribution in [3.05, 3.63) is 39.2 Å². The van der Waals surface area contributed by atoms with Gasteiger partial charge in [0, 0.05) is 41.6 Å². The monoisotopic (exact) mass is 453 g/mol. The fraction of sp³-hybridized carbons (Fsp3) is 0.524. The van der Waals surface area contributed by atoms with Gasteiger partial charge in [-0.3, -0.25) is 9.59 Å². The Hall–Kier alpha value is -1.68. The summed E-state index contributed by atoms with van der Waals surface area (Å²) in [6, 6.07) is 1.21. The van der Waals surface area contributed by atoms with E-state index in [1.54, 1.807) is 19.4 Å². The molecule has 30 heavy (non-hydrogen) atoms. The maximum Gasteiger partial charge on any atom is 0.197 e. The number of hydrogen-bond donors (Lipinski definition) is 3. The smallest absolute Gasteiger partial charge is 0.197 e. The highest BCUT2D eigenvalue weighted by atomic mass is 32.2. The van der Waals surface area contributed by atoms with Gasteiger partial charge in [-0.25, -0.2) is 14.6 Å². The van der Waals surface area contributed by atoms with E-state index in [9.17, 15) is 19.1 Å². The van der Waals surface area contributed by atoms with Crippen molar-refractivity contribution in [1.82, 2.24) is 5.32 Å². The van der Waals surface area contributed by atoms with Crippen LogP contribution in [0.3, 0.4) is 0 Å². The summed E-state index contributed by atoms with van der Waals surface area (Å²) in [5.41, 5.74) is 4.81. The number of hydrazine groups is 1. The molecule has 4 N–H and O–H groups in total. The van der Waals surface area contributed by atoms with Gasteiger partial charge in [0.1, 0.15) is 0 Å². The van der Waals surface area contributed by atoms with Gasteiger partial charge in [-0.2, -0.15) is 0 Å². The van der Waals surface area contributed by atoms with E-state index in [-0.39, 0.29) is 5.00 Å². The van der Waals surface area contributed by atoms with Gasteiger partial charge in [-0.05, 0) is 69.1 Å². The van der Waals surface area contributed by atoms with E-state index in [0.717, 1.165) is 40.6 Å². The standard InChI is InChI=1S/C13H17NO.C8H11FN2O2S2/c1-14-13-9-4-2-3-8(9)7-11-10(13)5-6-12(11)15;1-8(2,13)6-3-5(9)7(15-6)11(10)14-4-12/h8,14H,2-7H2,1H3;3-4,13H,10H2,1-2H3. The van der Waals surface area contributed by atoms with Gasteiger partial charge >= 0.3 is 0 Å². The number of Topliss-reactive ketones (excluding diaryl/α,β-unsaturated/α-hetero) is 1. The Bertz CT molecular complexity index is 902. The van der Waals surface area contributed by atoms with Gasteiger partial charge in [0.2, 0.25) is 0 Å². The van der Waals surface area contributed by atoms with Crippen LogP contribution < -0.4 is 15.6 Å². The van der Waals surface area contributed by atoms with Gasteiger partial charge in [0.05, 0.1) is 5.60 Å². The van der Waals surface area contributed by atoms with E-state index < -0.39 is 11.4 Å². The summed E-state index contributed by atoms with van der Waals surface area (Å²) in [4.78, 5) is 22.4. The van der Waals surface area contributed by atoms with Gasteiger partial charge < -0.3 is 10.4 Å². The molecule has 1 heterocycles. The number of likely N-dealkylation sites (N-methyl/N-ethyl adjacent to an activating group) is 1. The Morgan fingerprint density at radius 2 is 2.10 bits per heavy atom. The predicted molar refractivity (Wildman–Crippen MR) is 120 cm³/mol. The minimum absolute atomic E-state index is 0.115. The molecule has 0 aromatic carbocycles. The van der Waals surface area contributed by atoms with E-state index in [2.05, 4.69) is 5.32 Å². The van der Waals surface area contributed by atoms with Gasteiger partial charge in [0.25, 0.3) is 0 Å². The first kappa shape index (κ1) is 23.0. The maximum atomic E-state index is 13.4. The normalized spacial score (nSPS) is 20.6. The average molecular weight is 454 g/mol. The molecule has 6 nitrogen and oxygen atoms in total. The van der Waals surface area contributed by atoms with Crippen LogP contribution in [0, 0.1) is 11.7 Å². The Kier molecular flexibility index (Phi) is 7.06. The van der Waals surface area contributed by atoms with Crippen LogP contribution in [0.5, 0.6) is 0 Å². The van der Waals surface area contributed by atoms with Crippen LogP contribution in [0.4, 0.5) is 9.39 Å². The molecule has 1 unspecified atom stereocenters. The summed E-state index contributed by atoms with van der Waals surface area (Å²) in [6.45, 7) is 3.10. The zero-order chi connectivity index (χ0) is 22.1. The number of carbonyl (C=O) groups is 2. The number of carbonyl (C=O) groups excluding carboxylic acids is 2. The molecule has 0 amide bonds. The summed E-state index contributed by atoms with van der Waals surface area (Å²) in [5, 5.41) is 13.1. The van der Waals surface area contributed by atoms with Crippen LogP contribution in [0.1, 0.15) is 57.2 Å². The average Bonchev–Trinajstić information content (AvgIpc) is 3.39. The molecule has 1 aromatic heterocycles. The van der Waals surface area contributed by atoms with Crippen molar-refractivity contribution in [2.45, 2.75) is 58.0 Å². The Balaban J connectivity index is 0.000000171. The predicted octanol–water partition coefficient (Wildman–Crippen LogP) is 3.96. The molecule has 0 radical (unpaired) electrons. The van der Waals surface area contributed by atoms with Crippen molar-refractivity contribution in [3.8, 4) is 0 Å². The molecule has 0 bridgehead atoms. The SMILES string of the molecule is CC(C)(O)c1cc(F)c(N(N)SC=O)s1.CNC1=C2CCCC2CC2=C1CCC2=O. The summed E-state index contributed by atoms with van der Waals surface area (Å²) in [7, 11) is 2.00. The van der Waals surface area contributed by atoms with E-state index in [1.807, 2.05) is 7.05 Å². The third-order valence-corrected chi connectivity index (χ3v) is 7.78. The first-order valence-corrected chi connectivity index (χ1v) is 11.7. The molecule has 9 heteroatoms. The summed E-state index contributed by atoms with van der Waals surface area (Å²) >= 11 is 1.65. The minimum atomic E-state index is -1.11. The molecule has 1 aromatic rings. The highest BCUT2D eigenvalue weighted by molar-refractivity contribution is 8.13. The van der Waals surface area contributed by atoms with Gasteiger partial charge in [-0.15, -0.1) is 11.3 Å². The van der Waals surface area contributed by atoms with Crippen LogP contribution in [0.25, 0.3) is 0 Å². The maximum absolute atomic E-state index is 13.4. The Morgan fingerprint density at radius 1 is 1.37 bits per heavy atom. The molecule has 3 aliphatic carbocycles. The fourth-order valence-corrected chi connectivity index (χ4v) is 5.73. The second kappa shape index (κ2) is 9.21. The number of nitrogens with one attached hydrogen (secondary N) is 1. The van der Waals surface area contributed by atoms with Crippen LogP contribution in [0.2, 0.25) is 0 Å². The van der Waals surface area contributed by atoms with Crippen LogP contribution in [-0.2, 0) is 15.2 Å². The third-order valence-electron chi connectivity index (χ3n) is 5.75. The number of hydrogen-bond acceptors (Lipinski definition) is 8. The van der Waals surface area contributed by atoms with Gasteiger partial charge in [-0.1, -0.05) is 0 Å². The number of thiophene rings is 1. The molecule has 1 atom stereocenters. The van der Waals surface area contributed by atoms with Crippen LogP contribution in [0.15, 0.2) is 28.5 Å². The Morgan fingerprint density at radius 3 is 2.70 bits per heavy atom. The van der Waals surface area contributed by atoms with Crippen molar-refractivity contribution in [1.29, 1.82) is 0 Å². The van der Waals surface area contributed by atoms with Crippen LogP contribution >= 0.6 is 23.3 Å². The number of halogens is 1. The second-order valence-corrected chi connectivity index (χ2v) is 10.0. The van der Waals surface area contributed by atoms with Crippen LogP contribution in [-0.4, -0.2) is 23.6 Å². The number of fused-ring (bicyclic) bond motifs is 1. The molecular formula is C21H28FN3O3S2. The minimum Gasteiger partial charge on any atom is -0.388 e. The number of ketones is 1. The third kappa shape index (κ3) is 4.64. The van der Waals surface area contributed by atoms with E-state index in [0.29, 0.717) is 34.1 Å². The molecule has 0 spiro atoms. The molecule has 164 valence electrons. The summed E-state index contributed by atoms with van der Waals surface area (Å²) < 4.78 is 14.3. The second-order valence-electron chi connectivity index (χ2n) is 8.17. The van der Waals surface area contributed by atoms with Crippen molar-refractivity contribution >= 4 is 39.7 Å². The van der Waals surface area contributed by atoms with Crippen molar-refractivity contribution in [2.24, 2.45) is 11.8 Å². The lowest BCUT2D eigenvalue weighted by Gasteiger charge is -2.25. The van der Waals surface area contributed by atoms with E-state index >= 15 is 0 Å². The number of nitrogens with two attached hydrogens (primary N) is 1. The summed E-state index contributed by atoms with van der Waals surface area (Å²) in [5.74, 6) is 5.95. The zero-order valence-electron chi connectivity index (χ0n) is 17.5. The molecule has 3 aliphatic rings. The summed E-state index contributed by atoms with van der Waals surface area (Å²) in [6.07, 6.45) is 6.58. The molecule has 4 rings (SSSR count). The molecule has 1 saturated carbocycles. The number of rotatable bonds is 5. The molecule has 0 aliphatic heterocycles. The van der Waals surface area contributed by atoms with Crippen molar-refractivity contribution in [2.75, 3.05) is 11.5 Å². The Labute approximate surface area is 184 Å². The van der Waals surface area contributed by atoms with Crippen molar-refractivity contribution in [3.63, 3.8) is 0 Å².